The summed E-state index contributed by atoms with van der Waals surface area (Å²) in [7, 11) is -1.55. The Labute approximate surface area is 223 Å². The van der Waals surface area contributed by atoms with Crippen molar-refractivity contribution < 1.29 is 12.8 Å². The first-order chi connectivity index (χ1) is 18.2. The third-order valence-electron chi connectivity index (χ3n) is 7.19. The Morgan fingerprint density at radius 1 is 0.947 bits per heavy atom. The molecule has 2 heterocycles. The number of likely N-dealkylation sites (N-methyl/N-ethyl adjacent to an activating group) is 1. The van der Waals surface area contributed by atoms with Crippen molar-refractivity contribution in [2.45, 2.75) is 44.0 Å². The molecule has 0 unspecified atom stereocenters. The highest BCUT2D eigenvalue weighted by molar-refractivity contribution is 7.89. The molecule has 2 fully saturated rings. The fourth-order valence-electron chi connectivity index (χ4n) is 4.56. The summed E-state index contributed by atoms with van der Waals surface area (Å²) in [6, 6.07) is 10.3. The Kier molecular flexibility index (Phi) is 7.51. The molecule has 2 aliphatic rings. The van der Waals surface area contributed by atoms with E-state index in [1.54, 1.807) is 31.3 Å². The van der Waals surface area contributed by atoms with Crippen molar-refractivity contribution in [3.8, 4) is 0 Å². The monoisotopic (exact) mass is 539 g/mol. The number of hydrogen-bond donors (Lipinski definition) is 3. The summed E-state index contributed by atoms with van der Waals surface area (Å²) >= 11 is 0. The second-order valence-corrected chi connectivity index (χ2v) is 11.8. The lowest BCUT2D eigenvalue weighted by Gasteiger charge is -2.34. The van der Waals surface area contributed by atoms with Crippen molar-refractivity contribution in [1.29, 1.82) is 0 Å². The van der Waals surface area contributed by atoms with Gasteiger partial charge in [0, 0.05) is 55.4 Å². The van der Waals surface area contributed by atoms with Crippen molar-refractivity contribution in [2.75, 3.05) is 48.8 Å². The van der Waals surface area contributed by atoms with Crippen molar-refractivity contribution in [1.82, 2.24) is 19.6 Å². The fourth-order valence-corrected chi connectivity index (χ4v) is 6.13. The molecule has 1 aromatic heterocycles. The number of anilines is 5. The Morgan fingerprint density at radius 2 is 1.66 bits per heavy atom. The molecule has 5 rings (SSSR count). The van der Waals surface area contributed by atoms with E-state index < -0.39 is 10.0 Å². The van der Waals surface area contributed by atoms with E-state index >= 15 is 0 Å². The van der Waals surface area contributed by atoms with Gasteiger partial charge in [0.1, 0.15) is 11.6 Å². The lowest BCUT2D eigenvalue weighted by atomic mass is 9.94. The molecule has 1 aliphatic heterocycles. The Bertz CT molecular complexity index is 1420. The number of sulfonamides is 1. The highest BCUT2D eigenvalue weighted by Gasteiger charge is 2.26. The molecule has 1 saturated carbocycles. The lowest BCUT2D eigenvalue weighted by molar-refractivity contribution is 0.311. The summed E-state index contributed by atoms with van der Waals surface area (Å²) in [6.07, 6.45) is 4.45. The summed E-state index contributed by atoms with van der Waals surface area (Å²) in [5.74, 6) is 0.529. The summed E-state index contributed by atoms with van der Waals surface area (Å²) in [6.45, 7) is 7.02. The average Bonchev–Trinajstić information content (AvgIpc) is 2.85. The topological polar surface area (TPSA) is 102 Å². The van der Waals surface area contributed by atoms with Crippen LogP contribution >= 0.6 is 0 Å². The molecule has 0 atom stereocenters. The van der Waals surface area contributed by atoms with Gasteiger partial charge in [-0.3, -0.25) is 0 Å². The third-order valence-corrected chi connectivity index (χ3v) is 8.85. The zero-order valence-electron chi connectivity index (χ0n) is 22.0. The molecule has 0 bridgehead atoms. The van der Waals surface area contributed by atoms with Gasteiger partial charge in [0.25, 0.3) is 0 Å². The van der Waals surface area contributed by atoms with E-state index in [-0.39, 0.29) is 16.8 Å². The quantitative estimate of drug-likeness (QED) is 0.389. The molecule has 3 N–H and O–H groups in total. The van der Waals surface area contributed by atoms with E-state index in [1.807, 2.05) is 19.1 Å². The average molecular weight is 540 g/mol. The van der Waals surface area contributed by atoms with Crippen LogP contribution in [0.2, 0.25) is 0 Å². The number of hydrogen-bond acceptors (Lipinski definition) is 8. The molecule has 38 heavy (non-hydrogen) atoms. The van der Waals surface area contributed by atoms with E-state index in [0.717, 1.165) is 51.0 Å². The van der Waals surface area contributed by atoms with Crippen LogP contribution in [0, 0.1) is 19.7 Å². The summed E-state index contributed by atoms with van der Waals surface area (Å²) < 4.78 is 43.6. The summed E-state index contributed by atoms with van der Waals surface area (Å²) in [4.78, 5) is 13.4. The van der Waals surface area contributed by atoms with Gasteiger partial charge in [-0.25, -0.2) is 22.5 Å². The first-order valence-corrected chi connectivity index (χ1v) is 14.4. The Balaban J connectivity index is 1.31. The first-order valence-electron chi connectivity index (χ1n) is 12.9. The van der Waals surface area contributed by atoms with Gasteiger partial charge in [-0.05, 0) is 69.6 Å². The predicted molar refractivity (Wildman–Crippen MR) is 149 cm³/mol. The van der Waals surface area contributed by atoms with Crippen LogP contribution in [0.15, 0.2) is 47.5 Å². The number of aryl methyl sites for hydroxylation is 2. The van der Waals surface area contributed by atoms with Crippen LogP contribution in [0.4, 0.5) is 33.2 Å². The largest absolute Gasteiger partial charge is 0.367 e. The van der Waals surface area contributed by atoms with Crippen molar-refractivity contribution in [2.24, 2.45) is 0 Å². The van der Waals surface area contributed by atoms with Crippen molar-refractivity contribution in [3.05, 3.63) is 59.5 Å². The van der Waals surface area contributed by atoms with E-state index in [1.165, 1.54) is 6.07 Å². The minimum absolute atomic E-state index is 0.00853. The van der Waals surface area contributed by atoms with Crippen LogP contribution in [0.3, 0.4) is 0 Å². The minimum atomic E-state index is -3.62. The standard InChI is InChI=1S/C27H34FN7O2S/c1-18-7-8-22(16-25(18)38(36,37)33-20-5-4-6-20)30-26-19(2)17-29-27(32-26)31-21-9-10-24(23(28)15-21)35-13-11-34(3)12-14-35/h7-10,15-17,20,33H,4-6,11-14H2,1-3H3,(H2,29,30,31,32). The molecule has 0 spiro atoms. The van der Waals surface area contributed by atoms with Crippen LogP contribution in [0.5, 0.6) is 0 Å². The van der Waals surface area contributed by atoms with E-state index in [4.69, 9.17) is 0 Å². The molecule has 1 aliphatic carbocycles. The van der Waals surface area contributed by atoms with Gasteiger partial charge in [-0.15, -0.1) is 0 Å². The number of aromatic nitrogens is 2. The fraction of sp³-hybridized carbons (Fsp3) is 0.407. The van der Waals surface area contributed by atoms with Gasteiger partial charge >= 0.3 is 0 Å². The normalized spacial score (nSPS) is 16.8. The highest BCUT2D eigenvalue weighted by atomic mass is 32.2. The van der Waals surface area contributed by atoms with E-state index in [0.29, 0.717) is 34.4 Å². The second-order valence-electron chi connectivity index (χ2n) is 10.2. The van der Waals surface area contributed by atoms with Gasteiger partial charge in [-0.2, -0.15) is 4.98 Å². The number of rotatable bonds is 8. The Morgan fingerprint density at radius 3 is 2.34 bits per heavy atom. The van der Waals surface area contributed by atoms with Gasteiger partial charge in [0.05, 0.1) is 10.6 Å². The molecular weight excluding hydrogens is 505 g/mol. The summed E-state index contributed by atoms with van der Waals surface area (Å²) in [5.41, 5.74) is 3.18. The number of piperazine rings is 1. The maximum Gasteiger partial charge on any atom is 0.241 e. The van der Waals surface area contributed by atoms with Crippen LogP contribution in [-0.2, 0) is 10.0 Å². The number of nitrogens with one attached hydrogen (secondary N) is 3. The predicted octanol–water partition coefficient (Wildman–Crippen LogP) is 4.30. The van der Waals surface area contributed by atoms with Gasteiger partial charge in [0.2, 0.25) is 16.0 Å². The maximum absolute atomic E-state index is 14.9. The minimum Gasteiger partial charge on any atom is -0.367 e. The second kappa shape index (κ2) is 10.8. The number of halogens is 1. The van der Waals surface area contributed by atoms with Crippen LogP contribution in [0.25, 0.3) is 0 Å². The van der Waals surface area contributed by atoms with E-state index in [9.17, 15) is 12.8 Å². The molecule has 0 amide bonds. The maximum atomic E-state index is 14.9. The molecule has 3 aromatic rings. The molecule has 202 valence electrons. The van der Waals surface area contributed by atoms with Crippen molar-refractivity contribution >= 4 is 38.9 Å². The molecule has 9 nitrogen and oxygen atoms in total. The van der Waals surface area contributed by atoms with Crippen LogP contribution in [0.1, 0.15) is 30.4 Å². The van der Waals surface area contributed by atoms with Crippen LogP contribution < -0.4 is 20.3 Å². The third kappa shape index (κ3) is 5.90. The van der Waals surface area contributed by atoms with Crippen LogP contribution in [-0.4, -0.2) is 62.6 Å². The van der Waals surface area contributed by atoms with Gasteiger partial charge in [-0.1, -0.05) is 12.5 Å². The van der Waals surface area contributed by atoms with Gasteiger partial charge < -0.3 is 20.4 Å². The number of benzene rings is 2. The highest BCUT2D eigenvalue weighted by Crippen LogP contribution is 2.28. The molecule has 0 radical (unpaired) electrons. The molecule has 2 aromatic carbocycles. The molecular formula is C27H34FN7O2S. The zero-order chi connectivity index (χ0) is 26.9. The molecule has 1 saturated heterocycles. The van der Waals surface area contributed by atoms with E-state index in [2.05, 4.69) is 42.2 Å². The zero-order valence-corrected chi connectivity index (χ0v) is 22.8. The Hall–Kier alpha value is -3.28. The lowest BCUT2D eigenvalue weighted by Crippen LogP contribution is -2.44. The SMILES string of the molecule is Cc1ccc(Nc2nc(Nc3ccc(N4CCN(C)CC4)c(F)c3)ncc2C)cc1S(=O)(=O)NC1CCC1. The van der Waals surface area contributed by atoms with Gasteiger partial charge in [0.15, 0.2) is 0 Å². The first kappa shape index (κ1) is 26.3. The number of nitrogens with zero attached hydrogens (tertiary/aromatic N) is 4. The molecule has 11 heteroatoms. The summed E-state index contributed by atoms with van der Waals surface area (Å²) in [5, 5.41) is 6.30. The smallest absolute Gasteiger partial charge is 0.241 e. The van der Waals surface area contributed by atoms with Crippen molar-refractivity contribution in [3.63, 3.8) is 0 Å².